The smallest absolute Gasteiger partial charge is 0.128 e. The Morgan fingerprint density at radius 3 is 2.60 bits per heavy atom. The van der Waals surface area contributed by atoms with Crippen molar-refractivity contribution in [2.45, 2.75) is 26.8 Å². The zero-order valence-electron chi connectivity index (χ0n) is 9.35. The Hall–Kier alpha value is -0.410. The summed E-state index contributed by atoms with van der Waals surface area (Å²) in [4.78, 5) is 0. The van der Waals surface area contributed by atoms with Crippen molar-refractivity contribution in [3.63, 3.8) is 0 Å². The lowest BCUT2D eigenvalue weighted by atomic mass is 10.1. The van der Waals surface area contributed by atoms with E-state index in [9.17, 15) is 4.39 Å². The van der Waals surface area contributed by atoms with Gasteiger partial charge in [-0.15, -0.1) is 0 Å². The lowest BCUT2D eigenvalue weighted by Gasteiger charge is -2.16. The van der Waals surface area contributed by atoms with Crippen LogP contribution in [0.4, 0.5) is 4.39 Å². The second kappa shape index (κ2) is 5.61. The Kier molecular flexibility index (Phi) is 4.74. The van der Waals surface area contributed by atoms with Crippen molar-refractivity contribution in [2.24, 2.45) is 5.92 Å². The normalized spacial score (nSPS) is 13.2. The van der Waals surface area contributed by atoms with Gasteiger partial charge < -0.3 is 5.32 Å². The van der Waals surface area contributed by atoms with E-state index < -0.39 is 0 Å². The molecule has 0 aliphatic carbocycles. The van der Waals surface area contributed by atoms with Crippen molar-refractivity contribution in [3.8, 4) is 0 Å². The largest absolute Gasteiger partial charge is 0.310 e. The molecule has 1 aromatic rings. The van der Waals surface area contributed by atoms with Crippen molar-refractivity contribution in [2.75, 3.05) is 6.54 Å². The fourth-order valence-corrected chi connectivity index (χ4v) is 1.75. The quantitative estimate of drug-likeness (QED) is 0.878. The summed E-state index contributed by atoms with van der Waals surface area (Å²) in [5.74, 6) is 0.421. The van der Waals surface area contributed by atoms with E-state index in [0.717, 1.165) is 11.0 Å². The van der Waals surface area contributed by atoms with Gasteiger partial charge in [-0.1, -0.05) is 29.8 Å². The van der Waals surface area contributed by atoms with Crippen molar-refractivity contribution in [1.82, 2.24) is 5.32 Å². The number of nitrogens with one attached hydrogen (secondary N) is 1. The van der Waals surface area contributed by atoms with Gasteiger partial charge in [0.25, 0.3) is 0 Å². The minimum atomic E-state index is -0.151. The van der Waals surface area contributed by atoms with Crippen LogP contribution in [-0.2, 0) is 0 Å². The average Bonchev–Trinajstić information content (AvgIpc) is 2.18. The fraction of sp³-hybridized carbons (Fsp3) is 0.500. The third kappa shape index (κ3) is 3.92. The molecule has 84 valence electrons. The molecule has 0 aromatic heterocycles. The number of hydrogen-bond donors (Lipinski definition) is 1. The van der Waals surface area contributed by atoms with Gasteiger partial charge in [-0.05, 0) is 37.6 Å². The molecule has 1 aromatic carbocycles. The molecule has 0 saturated heterocycles. The van der Waals surface area contributed by atoms with Crippen LogP contribution in [0.25, 0.3) is 0 Å². The zero-order valence-corrected chi connectivity index (χ0v) is 10.9. The van der Waals surface area contributed by atoms with Crippen molar-refractivity contribution in [3.05, 3.63) is 34.1 Å². The van der Waals surface area contributed by atoms with E-state index in [-0.39, 0.29) is 11.9 Å². The van der Waals surface area contributed by atoms with E-state index in [1.807, 2.05) is 13.0 Å². The molecule has 0 aliphatic rings. The highest BCUT2D eigenvalue weighted by atomic mass is 79.9. The third-order valence-corrected chi connectivity index (χ3v) is 2.75. The van der Waals surface area contributed by atoms with E-state index in [2.05, 4.69) is 35.1 Å². The highest BCUT2D eigenvalue weighted by Gasteiger charge is 2.10. The van der Waals surface area contributed by atoms with E-state index in [1.165, 1.54) is 6.07 Å². The summed E-state index contributed by atoms with van der Waals surface area (Å²) in [6, 6.07) is 5.08. The summed E-state index contributed by atoms with van der Waals surface area (Å²) < 4.78 is 14.4. The number of benzene rings is 1. The van der Waals surface area contributed by atoms with Crippen molar-refractivity contribution >= 4 is 15.9 Å². The van der Waals surface area contributed by atoms with Gasteiger partial charge in [-0.3, -0.25) is 0 Å². The maximum atomic E-state index is 13.5. The molecule has 0 amide bonds. The number of hydrogen-bond acceptors (Lipinski definition) is 1. The van der Waals surface area contributed by atoms with E-state index >= 15 is 0 Å². The van der Waals surface area contributed by atoms with Gasteiger partial charge in [0.15, 0.2) is 0 Å². The molecule has 0 radical (unpaired) electrons. The Morgan fingerprint density at radius 1 is 1.33 bits per heavy atom. The van der Waals surface area contributed by atoms with Gasteiger partial charge in [0.2, 0.25) is 0 Å². The van der Waals surface area contributed by atoms with Gasteiger partial charge in [0, 0.05) is 16.1 Å². The maximum Gasteiger partial charge on any atom is 0.128 e. The fourth-order valence-electron chi connectivity index (χ4n) is 1.37. The molecule has 1 nitrogen and oxygen atoms in total. The molecular weight excluding hydrogens is 257 g/mol. The summed E-state index contributed by atoms with van der Waals surface area (Å²) in [5, 5.41) is 3.31. The molecular formula is C12H17BrFN. The lowest BCUT2D eigenvalue weighted by Crippen LogP contribution is -2.23. The van der Waals surface area contributed by atoms with Crippen LogP contribution in [0.3, 0.4) is 0 Å². The SMILES string of the molecule is CC(C)CNC(C)c1cc(Br)ccc1F. The van der Waals surface area contributed by atoms with Crippen molar-refractivity contribution < 1.29 is 4.39 Å². The van der Waals surface area contributed by atoms with E-state index in [0.29, 0.717) is 11.5 Å². The first kappa shape index (κ1) is 12.7. The highest BCUT2D eigenvalue weighted by molar-refractivity contribution is 9.10. The summed E-state index contributed by atoms with van der Waals surface area (Å²) in [6.45, 7) is 7.15. The number of halogens is 2. The second-order valence-electron chi connectivity index (χ2n) is 4.19. The Labute approximate surface area is 99.2 Å². The molecule has 1 rings (SSSR count). The van der Waals surface area contributed by atoms with Crippen LogP contribution < -0.4 is 5.32 Å². The number of rotatable bonds is 4. The summed E-state index contributed by atoms with van der Waals surface area (Å²) in [6.07, 6.45) is 0. The monoisotopic (exact) mass is 273 g/mol. The predicted octanol–water partition coefficient (Wildman–Crippen LogP) is 3.89. The molecule has 0 fully saturated rings. The molecule has 1 N–H and O–H groups in total. The predicted molar refractivity (Wildman–Crippen MR) is 65.4 cm³/mol. The molecule has 0 spiro atoms. The standard InChI is InChI=1S/C12H17BrFN/c1-8(2)7-15-9(3)11-6-10(13)4-5-12(11)14/h4-6,8-9,15H,7H2,1-3H3. The zero-order chi connectivity index (χ0) is 11.4. The van der Waals surface area contributed by atoms with Crippen LogP contribution in [0, 0.1) is 11.7 Å². The molecule has 15 heavy (non-hydrogen) atoms. The summed E-state index contributed by atoms with van der Waals surface area (Å²) >= 11 is 3.35. The minimum Gasteiger partial charge on any atom is -0.310 e. The third-order valence-electron chi connectivity index (χ3n) is 2.26. The maximum absolute atomic E-state index is 13.5. The van der Waals surface area contributed by atoms with Crippen LogP contribution in [-0.4, -0.2) is 6.54 Å². The Balaban J connectivity index is 2.72. The van der Waals surface area contributed by atoms with E-state index in [4.69, 9.17) is 0 Å². The molecule has 0 heterocycles. The first-order chi connectivity index (χ1) is 7.00. The Bertz CT molecular complexity index is 325. The molecule has 0 bridgehead atoms. The van der Waals surface area contributed by atoms with Crippen LogP contribution in [0.1, 0.15) is 32.4 Å². The van der Waals surface area contributed by atoms with Gasteiger partial charge in [0.05, 0.1) is 0 Å². The van der Waals surface area contributed by atoms with Crippen molar-refractivity contribution in [1.29, 1.82) is 0 Å². The molecule has 1 atom stereocenters. The topological polar surface area (TPSA) is 12.0 Å². The molecule has 1 unspecified atom stereocenters. The van der Waals surface area contributed by atoms with Crippen LogP contribution in [0.15, 0.2) is 22.7 Å². The van der Waals surface area contributed by atoms with Gasteiger partial charge >= 0.3 is 0 Å². The first-order valence-electron chi connectivity index (χ1n) is 5.19. The van der Waals surface area contributed by atoms with Gasteiger partial charge in [-0.2, -0.15) is 0 Å². The summed E-state index contributed by atoms with van der Waals surface area (Å²) in [7, 11) is 0. The second-order valence-corrected chi connectivity index (χ2v) is 5.11. The Morgan fingerprint density at radius 2 is 2.00 bits per heavy atom. The molecule has 0 aliphatic heterocycles. The highest BCUT2D eigenvalue weighted by Crippen LogP contribution is 2.21. The first-order valence-corrected chi connectivity index (χ1v) is 5.98. The van der Waals surface area contributed by atoms with Crippen LogP contribution >= 0.6 is 15.9 Å². The van der Waals surface area contributed by atoms with Crippen LogP contribution in [0.5, 0.6) is 0 Å². The van der Waals surface area contributed by atoms with E-state index in [1.54, 1.807) is 6.07 Å². The lowest BCUT2D eigenvalue weighted by molar-refractivity contribution is 0.479. The molecule has 3 heteroatoms. The molecule has 0 saturated carbocycles. The minimum absolute atomic E-state index is 0.0462. The average molecular weight is 274 g/mol. The van der Waals surface area contributed by atoms with Crippen LogP contribution in [0.2, 0.25) is 0 Å². The summed E-state index contributed by atoms with van der Waals surface area (Å²) in [5.41, 5.74) is 0.713. The van der Waals surface area contributed by atoms with Gasteiger partial charge in [-0.25, -0.2) is 4.39 Å². The van der Waals surface area contributed by atoms with Gasteiger partial charge in [0.1, 0.15) is 5.82 Å².